The van der Waals surface area contributed by atoms with E-state index in [9.17, 15) is 0 Å². The first kappa shape index (κ1) is 17.5. The van der Waals surface area contributed by atoms with Crippen LogP contribution in [-0.2, 0) is 27.8 Å². The predicted molar refractivity (Wildman–Crippen MR) is 94.3 cm³/mol. The van der Waals surface area contributed by atoms with Crippen molar-refractivity contribution in [2.45, 2.75) is 56.9 Å². The number of aryl methyl sites for hydroxylation is 1. The fourth-order valence-corrected chi connectivity index (χ4v) is 4.41. The number of ether oxygens (including phenoxy) is 3. The molecule has 0 aromatic carbocycles. The van der Waals surface area contributed by atoms with Gasteiger partial charge in [-0.15, -0.1) is 0 Å². The summed E-state index contributed by atoms with van der Waals surface area (Å²) in [6.07, 6.45) is 10.3. The first-order valence-corrected chi connectivity index (χ1v) is 9.81. The highest BCUT2D eigenvalue weighted by atomic mass is 16.5. The molecule has 0 saturated carbocycles. The first-order chi connectivity index (χ1) is 12.3. The van der Waals surface area contributed by atoms with Gasteiger partial charge in [0.15, 0.2) is 0 Å². The van der Waals surface area contributed by atoms with Gasteiger partial charge in [0.05, 0.1) is 25.4 Å². The van der Waals surface area contributed by atoms with Crippen LogP contribution in [0.3, 0.4) is 0 Å². The molecule has 0 amide bonds. The number of fused-ring (bicyclic) bond motifs is 1. The Labute approximate surface area is 150 Å². The van der Waals surface area contributed by atoms with Gasteiger partial charge < -0.3 is 18.8 Å². The zero-order valence-electron chi connectivity index (χ0n) is 15.3. The highest BCUT2D eigenvalue weighted by Gasteiger charge is 2.40. The SMILES string of the molecule is Cn1ccnc1CN1CC[C@@H]2O[C@H](COCC3CCOCC3)CC[C@@H]21. The van der Waals surface area contributed by atoms with Gasteiger partial charge in [-0.2, -0.15) is 0 Å². The third kappa shape index (κ3) is 4.25. The van der Waals surface area contributed by atoms with Crippen LogP contribution in [0, 0.1) is 5.92 Å². The molecular weight excluding hydrogens is 318 g/mol. The highest BCUT2D eigenvalue weighted by molar-refractivity contribution is 4.97. The topological polar surface area (TPSA) is 48.8 Å². The molecule has 140 valence electrons. The molecule has 6 nitrogen and oxygen atoms in total. The van der Waals surface area contributed by atoms with Crippen molar-refractivity contribution in [1.82, 2.24) is 14.5 Å². The lowest BCUT2D eigenvalue weighted by Crippen LogP contribution is -2.43. The van der Waals surface area contributed by atoms with Crippen molar-refractivity contribution in [3.8, 4) is 0 Å². The second-order valence-corrected chi connectivity index (χ2v) is 7.75. The fourth-order valence-electron chi connectivity index (χ4n) is 4.41. The molecule has 0 aliphatic carbocycles. The second-order valence-electron chi connectivity index (χ2n) is 7.75. The van der Waals surface area contributed by atoms with Gasteiger partial charge in [0.2, 0.25) is 0 Å². The summed E-state index contributed by atoms with van der Waals surface area (Å²) >= 11 is 0. The van der Waals surface area contributed by atoms with Gasteiger partial charge in [-0.3, -0.25) is 4.90 Å². The minimum atomic E-state index is 0.272. The van der Waals surface area contributed by atoms with E-state index in [-0.39, 0.29) is 6.10 Å². The quantitative estimate of drug-likeness (QED) is 0.786. The molecule has 6 heteroatoms. The maximum absolute atomic E-state index is 6.36. The summed E-state index contributed by atoms with van der Waals surface area (Å²) in [7, 11) is 2.07. The minimum absolute atomic E-state index is 0.272. The van der Waals surface area contributed by atoms with Crippen molar-refractivity contribution in [3.63, 3.8) is 0 Å². The van der Waals surface area contributed by atoms with Crippen molar-refractivity contribution in [2.24, 2.45) is 13.0 Å². The summed E-state index contributed by atoms with van der Waals surface area (Å²) < 4.78 is 19.9. The lowest BCUT2D eigenvalue weighted by Gasteiger charge is -2.36. The molecule has 3 saturated heterocycles. The smallest absolute Gasteiger partial charge is 0.122 e. The molecule has 3 atom stereocenters. The van der Waals surface area contributed by atoms with Crippen molar-refractivity contribution in [1.29, 1.82) is 0 Å². The van der Waals surface area contributed by atoms with Gasteiger partial charge in [-0.1, -0.05) is 0 Å². The van der Waals surface area contributed by atoms with Gasteiger partial charge in [0.1, 0.15) is 5.82 Å². The normalized spacial score (nSPS) is 31.3. The predicted octanol–water partition coefficient (Wildman–Crippen LogP) is 1.99. The van der Waals surface area contributed by atoms with Crippen LogP contribution in [0.15, 0.2) is 12.4 Å². The van der Waals surface area contributed by atoms with E-state index >= 15 is 0 Å². The lowest BCUT2D eigenvalue weighted by molar-refractivity contribution is -0.105. The van der Waals surface area contributed by atoms with Crippen LogP contribution >= 0.6 is 0 Å². The van der Waals surface area contributed by atoms with Crippen LogP contribution in [0.1, 0.15) is 37.9 Å². The minimum Gasteiger partial charge on any atom is -0.381 e. The molecule has 1 aromatic heterocycles. The van der Waals surface area contributed by atoms with E-state index in [0.717, 1.165) is 71.0 Å². The molecule has 0 N–H and O–H groups in total. The molecule has 0 unspecified atom stereocenters. The van der Waals surface area contributed by atoms with Gasteiger partial charge in [0, 0.05) is 51.8 Å². The Hall–Kier alpha value is -0.950. The van der Waals surface area contributed by atoms with Crippen LogP contribution in [0.2, 0.25) is 0 Å². The molecule has 4 heterocycles. The highest BCUT2D eigenvalue weighted by Crippen LogP contribution is 2.32. The molecule has 3 aliphatic heterocycles. The van der Waals surface area contributed by atoms with Crippen molar-refractivity contribution < 1.29 is 14.2 Å². The van der Waals surface area contributed by atoms with Crippen molar-refractivity contribution in [2.75, 3.05) is 33.0 Å². The molecule has 4 rings (SSSR count). The molecule has 0 bridgehead atoms. The summed E-state index contributed by atoms with van der Waals surface area (Å²) in [6, 6.07) is 0.545. The fraction of sp³-hybridized carbons (Fsp3) is 0.842. The Kier molecular flexibility index (Phi) is 5.70. The Morgan fingerprint density at radius 1 is 1.16 bits per heavy atom. The summed E-state index contributed by atoms with van der Waals surface area (Å²) in [5.41, 5.74) is 0. The largest absolute Gasteiger partial charge is 0.381 e. The Morgan fingerprint density at radius 3 is 2.84 bits per heavy atom. The number of rotatable bonds is 6. The number of aromatic nitrogens is 2. The molecule has 3 fully saturated rings. The van der Waals surface area contributed by atoms with Crippen molar-refractivity contribution in [3.05, 3.63) is 18.2 Å². The van der Waals surface area contributed by atoms with Crippen LogP contribution in [-0.4, -0.2) is 65.7 Å². The maximum atomic E-state index is 6.36. The summed E-state index contributed by atoms with van der Waals surface area (Å²) in [4.78, 5) is 7.02. The lowest BCUT2D eigenvalue weighted by atomic mass is 9.99. The van der Waals surface area contributed by atoms with Gasteiger partial charge >= 0.3 is 0 Å². The number of nitrogens with zero attached hydrogens (tertiary/aromatic N) is 3. The number of hydrogen-bond acceptors (Lipinski definition) is 5. The Morgan fingerprint density at radius 2 is 2.04 bits per heavy atom. The number of likely N-dealkylation sites (tertiary alicyclic amines) is 1. The van der Waals surface area contributed by atoms with E-state index in [1.165, 1.54) is 6.42 Å². The first-order valence-electron chi connectivity index (χ1n) is 9.81. The summed E-state index contributed by atoms with van der Waals surface area (Å²) in [6.45, 7) is 5.44. The molecule has 0 spiro atoms. The van der Waals surface area contributed by atoms with Crippen LogP contribution in [0.25, 0.3) is 0 Å². The van der Waals surface area contributed by atoms with Crippen LogP contribution < -0.4 is 0 Å². The standard InChI is InChI=1S/C19H31N3O3/c1-21-9-7-20-19(21)12-22-8-4-18-17(22)3-2-16(25-18)14-24-13-15-5-10-23-11-6-15/h7,9,15-18H,2-6,8,10-14H2,1H3/t16-,17-,18-/m0/s1. The van der Waals surface area contributed by atoms with Gasteiger partial charge in [-0.05, 0) is 38.0 Å². The zero-order chi connectivity index (χ0) is 17.1. The average molecular weight is 349 g/mol. The monoisotopic (exact) mass is 349 g/mol. The summed E-state index contributed by atoms with van der Waals surface area (Å²) in [5, 5.41) is 0. The average Bonchev–Trinajstić information content (AvgIpc) is 3.23. The second kappa shape index (κ2) is 8.16. The van der Waals surface area contributed by atoms with E-state index in [1.54, 1.807) is 0 Å². The van der Waals surface area contributed by atoms with Crippen molar-refractivity contribution >= 4 is 0 Å². The molecule has 0 radical (unpaired) electrons. The molecule has 1 aromatic rings. The Bertz CT molecular complexity index is 544. The molecule has 25 heavy (non-hydrogen) atoms. The Balaban J connectivity index is 1.21. The van der Waals surface area contributed by atoms with E-state index in [4.69, 9.17) is 14.2 Å². The van der Waals surface area contributed by atoms with E-state index < -0.39 is 0 Å². The number of imidazole rings is 1. The van der Waals surface area contributed by atoms with Gasteiger partial charge in [-0.25, -0.2) is 4.98 Å². The molecular formula is C19H31N3O3. The third-order valence-corrected chi connectivity index (χ3v) is 6.01. The third-order valence-electron chi connectivity index (χ3n) is 6.01. The van der Waals surface area contributed by atoms with Crippen LogP contribution in [0.4, 0.5) is 0 Å². The van der Waals surface area contributed by atoms with E-state index in [2.05, 4.69) is 21.5 Å². The number of hydrogen-bond donors (Lipinski definition) is 0. The maximum Gasteiger partial charge on any atom is 0.122 e. The van der Waals surface area contributed by atoms with E-state index in [0.29, 0.717) is 18.1 Å². The molecule has 3 aliphatic rings. The summed E-state index contributed by atoms with van der Waals surface area (Å²) in [5.74, 6) is 1.81. The van der Waals surface area contributed by atoms with E-state index in [1.807, 2.05) is 12.4 Å². The van der Waals surface area contributed by atoms with Gasteiger partial charge in [0.25, 0.3) is 0 Å². The zero-order valence-corrected chi connectivity index (χ0v) is 15.3. The van der Waals surface area contributed by atoms with Crippen LogP contribution in [0.5, 0.6) is 0 Å².